The molecule has 0 fully saturated rings. The molecule has 0 spiro atoms. The van der Waals surface area contributed by atoms with E-state index in [0.29, 0.717) is 27.7 Å². The lowest BCUT2D eigenvalue weighted by molar-refractivity contribution is 0.597. The molecule has 0 aliphatic rings. The molecular weight excluding hydrogens is 411 g/mol. The van der Waals surface area contributed by atoms with E-state index in [0.717, 1.165) is 0 Å². The smallest absolute Gasteiger partial charge is 0.232 e. The van der Waals surface area contributed by atoms with Gasteiger partial charge in [-0.15, -0.1) is 11.3 Å². The first-order chi connectivity index (χ1) is 12.8. The highest BCUT2D eigenvalue weighted by atomic mass is 35.5. The Bertz CT molecular complexity index is 1090. The highest BCUT2D eigenvalue weighted by Crippen LogP contribution is 2.38. The normalized spacial score (nSPS) is 11.6. The third-order valence-corrected chi connectivity index (χ3v) is 6.24. The van der Waals surface area contributed by atoms with Gasteiger partial charge >= 0.3 is 0 Å². The number of hydrogen-bond donors (Lipinski definition) is 1. The van der Waals surface area contributed by atoms with Crippen LogP contribution in [-0.4, -0.2) is 29.1 Å². The third kappa shape index (κ3) is 4.42. The summed E-state index contributed by atoms with van der Waals surface area (Å²) in [6.07, 6.45) is 1.94. The summed E-state index contributed by atoms with van der Waals surface area (Å²) in [4.78, 5) is 13.1. The van der Waals surface area contributed by atoms with Crippen molar-refractivity contribution < 1.29 is 12.8 Å². The summed E-state index contributed by atoms with van der Waals surface area (Å²) >= 11 is 7.21. The van der Waals surface area contributed by atoms with Gasteiger partial charge in [-0.3, -0.25) is 4.72 Å². The van der Waals surface area contributed by atoms with Crippen molar-refractivity contribution in [2.45, 2.75) is 20.3 Å². The van der Waals surface area contributed by atoms with Crippen LogP contribution < -0.4 is 4.72 Å². The first kappa shape index (κ1) is 19.7. The maximum absolute atomic E-state index is 15.1. The fourth-order valence-electron chi connectivity index (χ4n) is 2.53. The minimum atomic E-state index is -3.61. The van der Waals surface area contributed by atoms with Gasteiger partial charge in [0.2, 0.25) is 15.3 Å². The zero-order valence-corrected chi connectivity index (χ0v) is 16.9. The van der Waals surface area contributed by atoms with Gasteiger partial charge < -0.3 is 0 Å². The van der Waals surface area contributed by atoms with Gasteiger partial charge in [-0.1, -0.05) is 13.0 Å². The zero-order chi connectivity index (χ0) is 19.6. The van der Waals surface area contributed by atoms with Crippen LogP contribution in [0.1, 0.15) is 18.4 Å². The van der Waals surface area contributed by atoms with Gasteiger partial charge in [0, 0.05) is 11.8 Å². The van der Waals surface area contributed by atoms with Gasteiger partial charge in [0.05, 0.1) is 32.7 Å². The van der Waals surface area contributed by atoms with E-state index in [4.69, 9.17) is 11.6 Å². The second kappa shape index (κ2) is 7.87. The number of hydrogen-bond acceptors (Lipinski definition) is 6. The van der Waals surface area contributed by atoms with E-state index in [1.807, 2.05) is 0 Å². The summed E-state index contributed by atoms with van der Waals surface area (Å²) in [6.45, 7) is 3.54. The quantitative estimate of drug-likeness (QED) is 0.586. The molecule has 0 bridgehead atoms. The molecule has 27 heavy (non-hydrogen) atoms. The van der Waals surface area contributed by atoms with Crippen molar-refractivity contribution >= 4 is 38.6 Å². The Hall–Kier alpha value is -2.10. The van der Waals surface area contributed by atoms with Crippen molar-refractivity contribution in [2.75, 3.05) is 10.5 Å². The molecule has 2 aromatic heterocycles. The number of anilines is 1. The van der Waals surface area contributed by atoms with Gasteiger partial charge in [-0.25, -0.2) is 27.8 Å². The monoisotopic (exact) mass is 426 g/mol. The maximum atomic E-state index is 15.1. The van der Waals surface area contributed by atoms with Gasteiger partial charge in [0.25, 0.3) is 0 Å². The van der Waals surface area contributed by atoms with Crippen molar-refractivity contribution in [1.29, 1.82) is 0 Å². The van der Waals surface area contributed by atoms with E-state index in [1.165, 1.54) is 23.6 Å². The number of nitrogens with zero attached hydrogens (tertiary/aromatic N) is 3. The molecule has 142 valence electrons. The molecule has 0 saturated carbocycles. The van der Waals surface area contributed by atoms with Crippen LogP contribution in [0.3, 0.4) is 0 Å². The molecule has 10 heteroatoms. The van der Waals surface area contributed by atoms with Crippen molar-refractivity contribution in [3.8, 4) is 21.8 Å². The Kier molecular flexibility index (Phi) is 5.73. The van der Waals surface area contributed by atoms with Crippen LogP contribution in [0.15, 0.2) is 30.5 Å². The fourth-order valence-corrected chi connectivity index (χ4v) is 4.71. The lowest BCUT2D eigenvalue weighted by Crippen LogP contribution is -2.17. The third-order valence-electron chi connectivity index (χ3n) is 3.59. The number of halogens is 2. The van der Waals surface area contributed by atoms with E-state index in [1.54, 1.807) is 32.0 Å². The molecule has 3 rings (SSSR count). The Morgan fingerprint density at radius 2 is 2.04 bits per heavy atom. The first-order valence-electron chi connectivity index (χ1n) is 8.06. The lowest BCUT2D eigenvalue weighted by atomic mass is 10.1. The molecule has 1 N–H and O–H groups in total. The largest absolute Gasteiger partial charge is 0.281 e. The first-order valence-corrected chi connectivity index (χ1v) is 10.9. The van der Waals surface area contributed by atoms with Crippen molar-refractivity contribution in [3.63, 3.8) is 0 Å². The summed E-state index contributed by atoms with van der Waals surface area (Å²) in [5.41, 5.74) is 0.965. The number of aryl methyl sites for hydroxylation is 1. The maximum Gasteiger partial charge on any atom is 0.232 e. The molecule has 0 radical (unpaired) electrons. The van der Waals surface area contributed by atoms with Crippen molar-refractivity contribution in [1.82, 2.24) is 15.0 Å². The standard InChI is InChI=1S/C17H16ClFN4O2S2/c1-3-9-27(24,25)23-12-6-4-5-11(14(12)19)15-16(26-10(2)21-15)13-7-8-20-17(18)22-13/h4-8,23H,3,9H2,1-2H3. The second-order valence-corrected chi connectivity index (χ2v) is 9.09. The van der Waals surface area contributed by atoms with Crippen molar-refractivity contribution in [3.05, 3.63) is 46.6 Å². The molecule has 0 saturated heterocycles. The van der Waals surface area contributed by atoms with Gasteiger partial charge in [0.15, 0.2) is 5.82 Å². The Morgan fingerprint density at radius 1 is 1.26 bits per heavy atom. The molecule has 0 aliphatic carbocycles. The number of rotatable bonds is 6. The van der Waals surface area contributed by atoms with Crippen molar-refractivity contribution in [2.24, 2.45) is 0 Å². The number of sulfonamides is 1. The number of aromatic nitrogens is 3. The van der Waals surface area contributed by atoms with Crippen LogP contribution in [0.5, 0.6) is 0 Å². The predicted molar refractivity (Wildman–Crippen MR) is 106 cm³/mol. The van der Waals surface area contributed by atoms with Crippen LogP contribution in [0.25, 0.3) is 21.8 Å². The van der Waals surface area contributed by atoms with Gasteiger partial charge in [-0.05, 0) is 43.1 Å². The van der Waals surface area contributed by atoms with Crippen LogP contribution >= 0.6 is 22.9 Å². The van der Waals surface area contributed by atoms with E-state index in [9.17, 15) is 8.42 Å². The van der Waals surface area contributed by atoms with Crippen LogP contribution in [-0.2, 0) is 10.0 Å². The van der Waals surface area contributed by atoms with Crippen LogP contribution in [0, 0.1) is 12.7 Å². The summed E-state index contributed by atoms with van der Waals surface area (Å²) in [5, 5.41) is 0.789. The highest BCUT2D eigenvalue weighted by Gasteiger charge is 2.21. The molecule has 0 atom stereocenters. The summed E-state index contributed by atoms with van der Waals surface area (Å²) in [6, 6.07) is 6.17. The van der Waals surface area contributed by atoms with E-state index in [2.05, 4.69) is 19.7 Å². The Labute approximate surface area is 165 Å². The lowest BCUT2D eigenvalue weighted by Gasteiger charge is -2.11. The van der Waals surface area contributed by atoms with E-state index < -0.39 is 15.8 Å². The van der Waals surface area contributed by atoms with E-state index >= 15 is 4.39 Å². The summed E-state index contributed by atoms with van der Waals surface area (Å²) < 4.78 is 41.4. The Morgan fingerprint density at radius 3 is 2.74 bits per heavy atom. The molecule has 6 nitrogen and oxygen atoms in total. The van der Waals surface area contributed by atoms with E-state index in [-0.39, 0.29) is 22.3 Å². The molecule has 1 aromatic carbocycles. The highest BCUT2D eigenvalue weighted by molar-refractivity contribution is 7.92. The van der Waals surface area contributed by atoms with Gasteiger partial charge in [0.1, 0.15) is 0 Å². The average Bonchev–Trinajstić information content (AvgIpc) is 2.98. The summed E-state index contributed by atoms with van der Waals surface area (Å²) in [5.74, 6) is -0.777. The van der Waals surface area contributed by atoms with Crippen LogP contribution in [0.2, 0.25) is 5.28 Å². The Balaban J connectivity index is 2.10. The predicted octanol–water partition coefficient (Wildman–Crippen LogP) is 4.52. The molecular formula is C17H16ClFN4O2S2. The molecule has 2 heterocycles. The topological polar surface area (TPSA) is 84.8 Å². The fraction of sp³-hybridized carbons (Fsp3) is 0.235. The molecule has 0 aliphatic heterocycles. The minimum absolute atomic E-state index is 0.0750. The number of nitrogens with one attached hydrogen (secondary N) is 1. The minimum Gasteiger partial charge on any atom is -0.281 e. The molecule has 3 aromatic rings. The molecule has 0 amide bonds. The molecule has 0 unspecified atom stereocenters. The average molecular weight is 427 g/mol. The van der Waals surface area contributed by atoms with Gasteiger partial charge in [-0.2, -0.15) is 0 Å². The second-order valence-electron chi connectivity index (χ2n) is 5.71. The van der Waals surface area contributed by atoms with Crippen LogP contribution in [0.4, 0.5) is 10.1 Å². The zero-order valence-electron chi connectivity index (χ0n) is 14.5. The number of thiazole rings is 1. The SMILES string of the molecule is CCCS(=O)(=O)Nc1cccc(-c2nc(C)sc2-c2ccnc(Cl)n2)c1F. The summed E-state index contributed by atoms with van der Waals surface area (Å²) in [7, 11) is -3.61. The number of benzene rings is 1.